The zero-order chi connectivity index (χ0) is 13.8. The summed E-state index contributed by atoms with van der Waals surface area (Å²) in [4.78, 5) is 0. The third kappa shape index (κ3) is 3.05. The van der Waals surface area contributed by atoms with E-state index in [2.05, 4.69) is 36.5 Å². The minimum atomic E-state index is 0.338. The number of benzene rings is 2. The Morgan fingerprint density at radius 2 is 1.85 bits per heavy atom. The van der Waals surface area contributed by atoms with Gasteiger partial charge >= 0.3 is 0 Å². The van der Waals surface area contributed by atoms with Gasteiger partial charge in [-0.05, 0) is 49.6 Å². The first-order valence-corrected chi connectivity index (χ1v) is 7.01. The first-order valence-electron chi connectivity index (χ1n) is 7.01. The Hall–Kier alpha value is -2.16. The highest BCUT2D eigenvalue weighted by atomic mass is 16.7. The molecule has 1 aliphatic heterocycles. The Morgan fingerprint density at radius 1 is 1.05 bits per heavy atom. The SMILES string of the molecule is C[C@@H](CCc1ccc2c(c1)OCO2)Nc1ccccc1. The summed E-state index contributed by atoms with van der Waals surface area (Å²) in [6.07, 6.45) is 2.10. The summed E-state index contributed by atoms with van der Waals surface area (Å²) >= 11 is 0. The summed E-state index contributed by atoms with van der Waals surface area (Å²) in [5.74, 6) is 1.72. The molecule has 1 heterocycles. The van der Waals surface area contributed by atoms with Crippen molar-refractivity contribution in [1.82, 2.24) is 0 Å². The summed E-state index contributed by atoms with van der Waals surface area (Å²) in [5, 5.41) is 3.51. The molecule has 0 unspecified atom stereocenters. The first-order chi connectivity index (χ1) is 9.81. The molecule has 0 saturated carbocycles. The Morgan fingerprint density at radius 3 is 2.70 bits per heavy atom. The van der Waals surface area contributed by atoms with Gasteiger partial charge in [-0.2, -0.15) is 0 Å². The second-order valence-corrected chi connectivity index (χ2v) is 5.14. The number of ether oxygens (including phenoxy) is 2. The quantitative estimate of drug-likeness (QED) is 0.894. The molecule has 104 valence electrons. The fraction of sp³-hybridized carbons (Fsp3) is 0.294. The topological polar surface area (TPSA) is 30.5 Å². The van der Waals surface area contributed by atoms with Gasteiger partial charge in [-0.1, -0.05) is 24.3 Å². The summed E-state index contributed by atoms with van der Waals surface area (Å²) in [6.45, 7) is 2.55. The molecule has 0 aliphatic carbocycles. The van der Waals surface area contributed by atoms with Gasteiger partial charge in [0, 0.05) is 11.7 Å². The number of hydrogen-bond donors (Lipinski definition) is 1. The van der Waals surface area contributed by atoms with Gasteiger partial charge < -0.3 is 14.8 Å². The minimum Gasteiger partial charge on any atom is -0.454 e. The van der Waals surface area contributed by atoms with Crippen LogP contribution in [0.2, 0.25) is 0 Å². The molecule has 0 aromatic heterocycles. The molecule has 2 aromatic carbocycles. The molecule has 3 nitrogen and oxygen atoms in total. The van der Waals surface area contributed by atoms with Crippen LogP contribution in [0.4, 0.5) is 5.69 Å². The molecule has 20 heavy (non-hydrogen) atoms. The van der Waals surface area contributed by atoms with Crippen molar-refractivity contribution in [2.24, 2.45) is 0 Å². The lowest BCUT2D eigenvalue weighted by Gasteiger charge is -2.15. The zero-order valence-electron chi connectivity index (χ0n) is 11.6. The Bertz CT molecular complexity index is 568. The van der Waals surface area contributed by atoms with Gasteiger partial charge in [0.25, 0.3) is 0 Å². The molecule has 3 heteroatoms. The van der Waals surface area contributed by atoms with Crippen LogP contribution < -0.4 is 14.8 Å². The van der Waals surface area contributed by atoms with Crippen molar-refractivity contribution in [1.29, 1.82) is 0 Å². The maximum atomic E-state index is 5.40. The van der Waals surface area contributed by atoms with E-state index in [9.17, 15) is 0 Å². The van der Waals surface area contributed by atoms with E-state index in [1.807, 2.05) is 24.3 Å². The van der Waals surface area contributed by atoms with Crippen LogP contribution in [-0.4, -0.2) is 12.8 Å². The number of aryl methyl sites for hydroxylation is 1. The van der Waals surface area contributed by atoms with Gasteiger partial charge in [-0.25, -0.2) is 0 Å². The number of rotatable bonds is 5. The summed E-state index contributed by atoms with van der Waals surface area (Å²) in [7, 11) is 0. The van der Waals surface area contributed by atoms with Crippen LogP contribution >= 0.6 is 0 Å². The fourth-order valence-corrected chi connectivity index (χ4v) is 2.37. The molecular formula is C17H19NO2. The summed E-state index contributed by atoms with van der Waals surface area (Å²) < 4.78 is 10.7. The number of nitrogens with one attached hydrogen (secondary N) is 1. The smallest absolute Gasteiger partial charge is 0.231 e. The van der Waals surface area contributed by atoms with Gasteiger partial charge in [-0.3, -0.25) is 0 Å². The normalized spacial score (nSPS) is 14.1. The van der Waals surface area contributed by atoms with E-state index in [4.69, 9.17) is 9.47 Å². The van der Waals surface area contributed by atoms with Crippen molar-refractivity contribution in [2.75, 3.05) is 12.1 Å². The van der Waals surface area contributed by atoms with Crippen LogP contribution in [-0.2, 0) is 6.42 Å². The lowest BCUT2D eigenvalue weighted by atomic mass is 10.1. The van der Waals surface area contributed by atoms with Gasteiger partial charge in [0.1, 0.15) is 0 Å². The number of hydrogen-bond acceptors (Lipinski definition) is 3. The van der Waals surface area contributed by atoms with Crippen molar-refractivity contribution in [2.45, 2.75) is 25.8 Å². The van der Waals surface area contributed by atoms with E-state index >= 15 is 0 Å². The maximum Gasteiger partial charge on any atom is 0.231 e. The van der Waals surface area contributed by atoms with Crippen LogP contribution in [0.5, 0.6) is 11.5 Å². The highest BCUT2D eigenvalue weighted by Gasteiger charge is 2.13. The van der Waals surface area contributed by atoms with Gasteiger partial charge in [0.15, 0.2) is 11.5 Å². The van der Waals surface area contributed by atoms with Crippen LogP contribution in [0.15, 0.2) is 48.5 Å². The van der Waals surface area contributed by atoms with E-state index in [1.165, 1.54) is 11.3 Å². The summed E-state index contributed by atoms with van der Waals surface area (Å²) in [6, 6.07) is 16.9. The van der Waals surface area contributed by atoms with Gasteiger partial charge in [0.2, 0.25) is 6.79 Å². The van der Waals surface area contributed by atoms with Crippen molar-refractivity contribution in [3.63, 3.8) is 0 Å². The standard InChI is InChI=1S/C17H19NO2/c1-13(18-15-5-3-2-4-6-15)7-8-14-9-10-16-17(11-14)20-12-19-16/h2-6,9-11,13,18H,7-8,12H2,1H3/t13-/m0/s1. The number of anilines is 1. The molecule has 1 aliphatic rings. The average molecular weight is 269 g/mol. The second kappa shape index (κ2) is 5.87. The molecule has 0 spiro atoms. The molecule has 0 radical (unpaired) electrons. The van der Waals surface area contributed by atoms with E-state index in [-0.39, 0.29) is 0 Å². The first kappa shape index (κ1) is 12.9. The van der Waals surface area contributed by atoms with Crippen LogP contribution in [0.3, 0.4) is 0 Å². The van der Waals surface area contributed by atoms with Crippen molar-refractivity contribution >= 4 is 5.69 Å². The van der Waals surface area contributed by atoms with Crippen molar-refractivity contribution < 1.29 is 9.47 Å². The fourth-order valence-electron chi connectivity index (χ4n) is 2.37. The van der Waals surface area contributed by atoms with Gasteiger partial charge in [-0.15, -0.1) is 0 Å². The van der Waals surface area contributed by atoms with Crippen LogP contribution in [0.1, 0.15) is 18.9 Å². The monoisotopic (exact) mass is 269 g/mol. The predicted octanol–water partition coefficient (Wildman–Crippen LogP) is 3.85. The minimum absolute atomic E-state index is 0.338. The largest absolute Gasteiger partial charge is 0.454 e. The Balaban J connectivity index is 1.54. The highest BCUT2D eigenvalue weighted by Crippen LogP contribution is 2.32. The second-order valence-electron chi connectivity index (χ2n) is 5.14. The molecule has 0 saturated heterocycles. The Labute approximate surface area is 119 Å². The third-order valence-electron chi connectivity index (χ3n) is 3.49. The molecule has 0 bridgehead atoms. The van der Waals surface area contributed by atoms with E-state index in [0.717, 1.165) is 24.3 Å². The van der Waals surface area contributed by atoms with E-state index in [0.29, 0.717) is 12.8 Å². The molecule has 0 amide bonds. The maximum absolute atomic E-state index is 5.40. The average Bonchev–Trinajstić information content (AvgIpc) is 2.93. The lowest BCUT2D eigenvalue weighted by molar-refractivity contribution is 0.174. The molecule has 1 atom stereocenters. The van der Waals surface area contributed by atoms with Crippen LogP contribution in [0.25, 0.3) is 0 Å². The zero-order valence-corrected chi connectivity index (χ0v) is 11.6. The lowest BCUT2D eigenvalue weighted by Crippen LogP contribution is -2.15. The highest BCUT2D eigenvalue weighted by molar-refractivity contribution is 5.45. The number of para-hydroxylation sites is 1. The molecule has 0 fully saturated rings. The van der Waals surface area contributed by atoms with Crippen LogP contribution in [0, 0.1) is 0 Å². The number of fused-ring (bicyclic) bond motifs is 1. The van der Waals surface area contributed by atoms with Crippen molar-refractivity contribution in [3.05, 3.63) is 54.1 Å². The van der Waals surface area contributed by atoms with Gasteiger partial charge in [0.05, 0.1) is 0 Å². The molecular weight excluding hydrogens is 250 g/mol. The third-order valence-corrected chi connectivity index (χ3v) is 3.49. The molecule has 2 aromatic rings. The molecule has 3 rings (SSSR count). The Kier molecular flexibility index (Phi) is 3.77. The van der Waals surface area contributed by atoms with Crippen molar-refractivity contribution in [3.8, 4) is 11.5 Å². The predicted molar refractivity (Wildman–Crippen MR) is 80.4 cm³/mol. The van der Waals surface area contributed by atoms with E-state index in [1.54, 1.807) is 0 Å². The molecule has 1 N–H and O–H groups in total. The summed E-state index contributed by atoms with van der Waals surface area (Å²) in [5.41, 5.74) is 2.46. The van der Waals surface area contributed by atoms with E-state index < -0.39 is 0 Å².